The summed E-state index contributed by atoms with van der Waals surface area (Å²) in [5.41, 5.74) is 0. The summed E-state index contributed by atoms with van der Waals surface area (Å²) in [6.07, 6.45) is 0. The van der Waals surface area contributed by atoms with E-state index in [1.54, 1.807) is 24.3 Å². The zero-order valence-corrected chi connectivity index (χ0v) is 16.2. The van der Waals surface area contributed by atoms with E-state index >= 15 is 0 Å². The smallest absolute Gasteiger partial charge is 0.349 e. The molecular weight excluding hydrogens is 386 g/mol. The van der Waals surface area contributed by atoms with E-state index in [0.29, 0.717) is 37.8 Å². The van der Waals surface area contributed by atoms with Crippen LogP contribution >= 0.6 is 0 Å². The lowest BCUT2D eigenvalue weighted by molar-refractivity contribution is -0.136. The number of methoxy groups -OCH3 is 1. The third-order valence-corrected chi connectivity index (χ3v) is 5.99. The molecular formula is C19H21NO7S. The molecule has 8 nitrogen and oxygen atoms in total. The lowest BCUT2D eigenvalue weighted by atomic mass is 10.3. The normalized spacial score (nSPS) is 15.0. The summed E-state index contributed by atoms with van der Waals surface area (Å²) in [7, 11) is -2.08. The highest BCUT2D eigenvalue weighted by Gasteiger charge is 2.26. The maximum absolute atomic E-state index is 12.6. The Kier molecular flexibility index (Phi) is 6.50. The highest BCUT2D eigenvalue weighted by atomic mass is 32.2. The standard InChI is InChI=1S/C19H21NO7S/c1-24-17-4-2-3-5-18(17)26-14-19(21)27-15-6-8-16(9-7-15)28(22,23)20-10-12-25-13-11-20/h2-9H,10-14H2,1H3. The average Bonchev–Trinajstić information content (AvgIpc) is 2.73. The van der Waals surface area contributed by atoms with E-state index < -0.39 is 16.0 Å². The fourth-order valence-corrected chi connectivity index (χ4v) is 4.06. The van der Waals surface area contributed by atoms with Crippen molar-refractivity contribution < 1.29 is 32.2 Å². The number of carbonyl (C=O) groups is 1. The predicted molar refractivity (Wildman–Crippen MR) is 100 cm³/mol. The third kappa shape index (κ3) is 4.80. The number of esters is 1. The zero-order valence-electron chi connectivity index (χ0n) is 15.4. The molecule has 150 valence electrons. The molecule has 0 spiro atoms. The third-order valence-electron chi connectivity index (χ3n) is 4.08. The monoisotopic (exact) mass is 407 g/mol. The molecule has 2 aromatic carbocycles. The Morgan fingerprint density at radius 2 is 1.68 bits per heavy atom. The molecule has 1 aliphatic heterocycles. The number of sulfonamides is 1. The van der Waals surface area contributed by atoms with Crippen LogP contribution < -0.4 is 14.2 Å². The summed E-state index contributed by atoms with van der Waals surface area (Å²) >= 11 is 0. The largest absolute Gasteiger partial charge is 0.493 e. The number of hydrogen-bond donors (Lipinski definition) is 0. The van der Waals surface area contributed by atoms with Gasteiger partial charge in [-0.25, -0.2) is 13.2 Å². The van der Waals surface area contributed by atoms with E-state index in [2.05, 4.69) is 0 Å². The molecule has 1 heterocycles. The Morgan fingerprint density at radius 3 is 2.32 bits per heavy atom. The van der Waals surface area contributed by atoms with Gasteiger partial charge in [0.15, 0.2) is 18.1 Å². The highest BCUT2D eigenvalue weighted by molar-refractivity contribution is 7.89. The number of benzene rings is 2. The number of rotatable bonds is 7. The molecule has 1 saturated heterocycles. The molecule has 0 N–H and O–H groups in total. The van der Waals surface area contributed by atoms with E-state index in [4.69, 9.17) is 18.9 Å². The summed E-state index contributed by atoms with van der Waals surface area (Å²) in [6.45, 7) is 1.08. The van der Waals surface area contributed by atoms with Crippen LogP contribution in [0, 0.1) is 0 Å². The van der Waals surface area contributed by atoms with Gasteiger partial charge in [-0.3, -0.25) is 0 Å². The maximum Gasteiger partial charge on any atom is 0.349 e. The van der Waals surface area contributed by atoms with Crippen LogP contribution in [0.2, 0.25) is 0 Å². The Labute approximate surface area is 163 Å². The minimum Gasteiger partial charge on any atom is -0.493 e. The number of nitrogens with zero attached hydrogens (tertiary/aromatic N) is 1. The van der Waals surface area contributed by atoms with E-state index in [-0.39, 0.29) is 17.3 Å². The molecule has 9 heteroatoms. The van der Waals surface area contributed by atoms with Gasteiger partial charge in [0.1, 0.15) is 5.75 Å². The fraction of sp³-hybridized carbons (Fsp3) is 0.316. The van der Waals surface area contributed by atoms with Gasteiger partial charge in [0.25, 0.3) is 0 Å². The van der Waals surface area contributed by atoms with Gasteiger partial charge in [-0.2, -0.15) is 4.31 Å². The first kappa shape index (κ1) is 20.1. The Hall–Kier alpha value is -2.62. The van der Waals surface area contributed by atoms with Crippen LogP contribution in [0.1, 0.15) is 0 Å². The zero-order chi connectivity index (χ0) is 20.0. The van der Waals surface area contributed by atoms with Gasteiger partial charge < -0.3 is 18.9 Å². The molecule has 0 aromatic heterocycles. The summed E-state index contributed by atoms with van der Waals surface area (Å²) in [6, 6.07) is 12.6. The van der Waals surface area contributed by atoms with Crippen LogP contribution in [0.3, 0.4) is 0 Å². The number of para-hydroxylation sites is 2. The van der Waals surface area contributed by atoms with Crippen molar-refractivity contribution in [2.24, 2.45) is 0 Å². The molecule has 0 atom stereocenters. The number of hydrogen-bond acceptors (Lipinski definition) is 7. The van der Waals surface area contributed by atoms with Crippen LogP contribution in [0.25, 0.3) is 0 Å². The second kappa shape index (κ2) is 9.05. The van der Waals surface area contributed by atoms with Gasteiger partial charge in [0.05, 0.1) is 25.2 Å². The number of morpholine rings is 1. The average molecular weight is 407 g/mol. The molecule has 0 aliphatic carbocycles. The molecule has 0 amide bonds. The molecule has 1 aliphatic rings. The highest BCUT2D eigenvalue weighted by Crippen LogP contribution is 2.26. The molecule has 1 fully saturated rings. The summed E-state index contributed by atoms with van der Waals surface area (Å²) in [5.74, 6) is 0.547. The van der Waals surface area contributed by atoms with Gasteiger partial charge >= 0.3 is 5.97 Å². The SMILES string of the molecule is COc1ccccc1OCC(=O)Oc1ccc(S(=O)(=O)N2CCOCC2)cc1. The van der Waals surface area contributed by atoms with Gasteiger partial charge in [-0.05, 0) is 36.4 Å². The summed E-state index contributed by atoms with van der Waals surface area (Å²) in [4.78, 5) is 12.1. The first-order valence-electron chi connectivity index (χ1n) is 8.65. The second-order valence-corrected chi connectivity index (χ2v) is 7.84. The van der Waals surface area contributed by atoms with Crippen molar-refractivity contribution in [3.63, 3.8) is 0 Å². The molecule has 0 saturated carbocycles. The van der Waals surface area contributed by atoms with Crippen LogP contribution in [-0.4, -0.2) is 58.7 Å². The second-order valence-electron chi connectivity index (χ2n) is 5.90. The predicted octanol–water partition coefficient (Wildman–Crippen LogP) is 1.70. The molecule has 0 unspecified atom stereocenters. The van der Waals surface area contributed by atoms with Crippen molar-refractivity contribution in [3.05, 3.63) is 48.5 Å². The fourth-order valence-electron chi connectivity index (χ4n) is 2.65. The van der Waals surface area contributed by atoms with E-state index in [9.17, 15) is 13.2 Å². The van der Waals surface area contributed by atoms with Gasteiger partial charge in [0, 0.05) is 13.1 Å². The quantitative estimate of drug-likeness (QED) is 0.510. The molecule has 3 rings (SSSR count). The first-order valence-corrected chi connectivity index (χ1v) is 10.1. The lowest BCUT2D eigenvalue weighted by Crippen LogP contribution is -2.40. The summed E-state index contributed by atoms with van der Waals surface area (Å²) in [5, 5.41) is 0. The maximum atomic E-state index is 12.6. The van der Waals surface area contributed by atoms with Crippen molar-refractivity contribution in [1.82, 2.24) is 4.31 Å². The number of carbonyl (C=O) groups excluding carboxylic acids is 1. The lowest BCUT2D eigenvalue weighted by Gasteiger charge is -2.26. The van der Waals surface area contributed by atoms with Gasteiger partial charge in [-0.15, -0.1) is 0 Å². The molecule has 0 bridgehead atoms. The van der Waals surface area contributed by atoms with Crippen molar-refractivity contribution in [2.75, 3.05) is 40.0 Å². The van der Waals surface area contributed by atoms with Crippen molar-refractivity contribution in [2.45, 2.75) is 4.90 Å². The van der Waals surface area contributed by atoms with Crippen molar-refractivity contribution >= 4 is 16.0 Å². The Bertz CT molecular complexity index is 906. The van der Waals surface area contributed by atoms with Crippen molar-refractivity contribution in [1.29, 1.82) is 0 Å². The van der Waals surface area contributed by atoms with Crippen LogP contribution in [0.15, 0.2) is 53.4 Å². The Morgan fingerprint density at radius 1 is 1.04 bits per heavy atom. The van der Waals surface area contributed by atoms with Crippen LogP contribution in [0.5, 0.6) is 17.2 Å². The summed E-state index contributed by atoms with van der Waals surface area (Å²) < 4.78 is 47.4. The van der Waals surface area contributed by atoms with Crippen molar-refractivity contribution in [3.8, 4) is 17.2 Å². The van der Waals surface area contributed by atoms with Crippen LogP contribution in [0.4, 0.5) is 0 Å². The molecule has 28 heavy (non-hydrogen) atoms. The van der Waals surface area contributed by atoms with Crippen LogP contribution in [-0.2, 0) is 19.6 Å². The number of ether oxygens (including phenoxy) is 4. The topological polar surface area (TPSA) is 91.4 Å². The molecule has 2 aromatic rings. The van der Waals surface area contributed by atoms with Gasteiger partial charge in [-0.1, -0.05) is 12.1 Å². The van der Waals surface area contributed by atoms with E-state index in [1.165, 1.54) is 35.7 Å². The van der Waals surface area contributed by atoms with E-state index in [1.807, 2.05) is 0 Å². The minimum atomic E-state index is -3.59. The minimum absolute atomic E-state index is 0.138. The Balaban J connectivity index is 1.58. The van der Waals surface area contributed by atoms with Gasteiger partial charge in [0.2, 0.25) is 10.0 Å². The molecule has 0 radical (unpaired) electrons. The van der Waals surface area contributed by atoms with E-state index in [0.717, 1.165) is 0 Å². The first-order chi connectivity index (χ1) is 13.5.